The molecular weight excluding hydrogens is 210 g/mol. The van der Waals surface area contributed by atoms with Gasteiger partial charge in [-0.15, -0.1) is 13.2 Å². The molecule has 0 amide bonds. The molecule has 1 heterocycles. The maximum Gasteiger partial charge on any atom is 0.112 e. The Balaban J connectivity index is 2.64. The summed E-state index contributed by atoms with van der Waals surface area (Å²) in [6, 6.07) is -0.781. The molecule has 0 saturated carbocycles. The van der Waals surface area contributed by atoms with Gasteiger partial charge < -0.3 is 14.9 Å². The van der Waals surface area contributed by atoms with Crippen molar-refractivity contribution in [2.45, 2.75) is 37.2 Å². The van der Waals surface area contributed by atoms with E-state index in [0.29, 0.717) is 6.42 Å². The largest absolute Gasteiger partial charge is 0.388 e. The van der Waals surface area contributed by atoms with E-state index in [1.807, 2.05) is 0 Å². The maximum atomic E-state index is 9.82. The minimum Gasteiger partial charge on any atom is -0.388 e. The van der Waals surface area contributed by atoms with Crippen LogP contribution in [-0.4, -0.2) is 67.7 Å². The van der Waals surface area contributed by atoms with E-state index < -0.39 is 30.7 Å². The van der Waals surface area contributed by atoms with E-state index in [-0.39, 0.29) is 0 Å². The summed E-state index contributed by atoms with van der Waals surface area (Å²) in [5, 5.41) is 19.3. The van der Waals surface area contributed by atoms with Crippen LogP contribution < -0.4 is 0 Å². The minimum absolute atomic E-state index is 0.684. The van der Waals surface area contributed by atoms with Crippen LogP contribution in [0, 0.1) is 0 Å². The summed E-state index contributed by atoms with van der Waals surface area (Å²) in [6.45, 7) is 4.92. The van der Waals surface area contributed by atoms with Crippen LogP contribution in [0.1, 0.15) is 13.3 Å². The molecule has 2 radical (unpaired) electrons. The number of ether oxygens (including phenoxy) is 1. The van der Waals surface area contributed by atoms with Crippen LogP contribution in [0.2, 0.25) is 0 Å². The molecule has 1 saturated heterocycles. The first-order chi connectivity index (χ1) is 6.66. The Morgan fingerprint density at radius 2 is 2.00 bits per heavy atom. The van der Waals surface area contributed by atoms with Gasteiger partial charge in [-0.3, -0.25) is 0 Å². The number of rotatable bonds is 3. The zero-order valence-electron chi connectivity index (χ0n) is 9.68. The summed E-state index contributed by atoms with van der Waals surface area (Å²) < 4.78 is 5.44. The lowest BCUT2D eigenvalue weighted by molar-refractivity contribution is -0.0570. The lowest BCUT2D eigenvalue weighted by Gasteiger charge is -2.29. The van der Waals surface area contributed by atoms with E-state index in [1.165, 1.54) is 0 Å². The van der Waals surface area contributed by atoms with E-state index in [2.05, 4.69) is 19.6 Å². The van der Waals surface area contributed by atoms with Crippen molar-refractivity contribution in [2.24, 2.45) is 0 Å². The predicted octanol–water partition coefficient (Wildman–Crippen LogP) is 0.0910. The lowest BCUT2D eigenvalue weighted by Crippen LogP contribution is -2.41. The van der Waals surface area contributed by atoms with E-state index in [9.17, 15) is 10.2 Å². The van der Waals surface area contributed by atoms with Gasteiger partial charge >= 0.3 is 0 Å². The van der Waals surface area contributed by atoms with Gasteiger partial charge in [0, 0.05) is 6.00 Å². The van der Waals surface area contributed by atoms with Crippen LogP contribution in [0.5, 0.6) is 0 Å². The molecule has 0 spiro atoms. The highest BCUT2D eigenvalue weighted by Gasteiger charge is 2.48. The third kappa shape index (κ3) is 3.10. The number of hydrogen-bond acceptors (Lipinski definition) is 3. The Labute approximate surface area is 93.2 Å². The molecule has 2 N–H and O–H groups in total. The van der Waals surface area contributed by atoms with Crippen LogP contribution in [0.4, 0.5) is 0 Å². The van der Waals surface area contributed by atoms with Crippen molar-refractivity contribution in [1.82, 2.24) is 0 Å². The molecule has 0 aromatic heterocycles. The van der Waals surface area contributed by atoms with Gasteiger partial charge in [-0.1, -0.05) is 0 Å². The van der Waals surface area contributed by atoms with E-state index in [0.717, 1.165) is 6.16 Å². The van der Waals surface area contributed by atoms with Crippen molar-refractivity contribution in [3.05, 3.63) is 0 Å². The first kappa shape index (κ1) is 13.3. The van der Waals surface area contributed by atoms with Gasteiger partial charge in [-0.25, -0.2) is 0 Å². The molecule has 86 valence electrons. The van der Waals surface area contributed by atoms with Crippen molar-refractivity contribution in [3.8, 4) is 0 Å². The third-order valence-electron chi connectivity index (χ3n) is 2.90. The Morgan fingerprint density at radius 1 is 1.47 bits per heavy atom. The molecule has 0 aromatic rings. The Hall–Kier alpha value is 0.245. The van der Waals surface area contributed by atoms with Crippen molar-refractivity contribution in [1.29, 1.82) is 0 Å². The monoisotopic (exact) mass is 230 g/mol. The molecule has 3 nitrogen and oxygen atoms in total. The third-order valence-corrected chi connectivity index (χ3v) is 4.34. The van der Waals surface area contributed by atoms with Crippen LogP contribution in [0.15, 0.2) is 0 Å². The number of aliphatic hydroxyl groups is 2. The molecule has 15 heavy (non-hydrogen) atoms. The van der Waals surface area contributed by atoms with Gasteiger partial charge in [0.15, 0.2) is 0 Å². The van der Waals surface area contributed by atoms with Crippen LogP contribution in [-0.2, 0) is 4.74 Å². The summed E-state index contributed by atoms with van der Waals surface area (Å²) >= 11 is 0. The highest BCUT2D eigenvalue weighted by molar-refractivity contribution is 7.72. The van der Waals surface area contributed by atoms with Gasteiger partial charge in [0.1, 0.15) is 20.1 Å². The van der Waals surface area contributed by atoms with Gasteiger partial charge in [0.2, 0.25) is 0 Å². The number of hydrogen-bond donors (Lipinski definition) is 2. The Bertz CT molecular complexity index is 278. The fourth-order valence-electron chi connectivity index (χ4n) is 1.72. The van der Waals surface area contributed by atoms with Gasteiger partial charge in [0.05, 0.1) is 5.60 Å². The van der Waals surface area contributed by atoms with Crippen LogP contribution >= 0.6 is 6.89 Å². The Morgan fingerprint density at radius 3 is 2.33 bits per heavy atom. The van der Waals surface area contributed by atoms with E-state index >= 15 is 0 Å². The quantitative estimate of drug-likeness (QED) is 0.533. The molecular formula is C10H20BO3P. The van der Waals surface area contributed by atoms with Gasteiger partial charge in [-0.2, -0.15) is 0 Å². The number of aliphatic hydroxyl groups excluding tert-OH is 2. The molecule has 0 aliphatic carbocycles. The second-order valence-corrected chi connectivity index (χ2v) is 9.56. The van der Waals surface area contributed by atoms with E-state index in [1.54, 1.807) is 6.92 Å². The van der Waals surface area contributed by atoms with Gasteiger partial charge in [0.25, 0.3) is 0 Å². The average Bonchev–Trinajstić information content (AvgIpc) is 2.27. The predicted molar refractivity (Wildman–Crippen MR) is 66.4 cm³/mol. The molecule has 1 aliphatic heterocycles. The van der Waals surface area contributed by atoms with Crippen molar-refractivity contribution >= 4 is 21.0 Å². The topological polar surface area (TPSA) is 49.7 Å². The molecule has 1 aliphatic rings. The first-order valence-corrected chi connectivity index (χ1v) is 8.18. The summed E-state index contributed by atoms with van der Waals surface area (Å²) in [5.41, 5.74) is -0.728. The second-order valence-electron chi connectivity index (χ2n) is 5.24. The molecule has 1 rings (SSSR count). The minimum atomic E-state index is -1.14. The standard InChI is InChI=1S/C10H20BO3P/c1-10(5-6-15(2,3)4)8(13)7(12)9(11)14-10/h7-9,12-13H,2,5-6H2,1,3-4H3/t7-,8+,9-,10-/m1/s1. The summed E-state index contributed by atoms with van der Waals surface area (Å²) in [4.78, 5) is 0. The van der Waals surface area contributed by atoms with Crippen molar-refractivity contribution in [3.63, 3.8) is 0 Å². The highest BCUT2D eigenvalue weighted by Crippen LogP contribution is 2.41. The molecule has 0 aromatic carbocycles. The van der Waals surface area contributed by atoms with E-state index in [4.69, 9.17) is 12.6 Å². The fourth-order valence-corrected chi connectivity index (χ4v) is 2.77. The summed E-state index contributed by atoms with van der Waals surface area (Å²) in [7, 11) is 5.54. The van der Waals surface area contributed by atoms with Gasteiger partial charge in [-0.05, 0) is 32.8 Å². The zero-order chi connectivity index (χ0) is 11.9. The SMILES string of the molecule is [B][C@@H]1O[C@](C)(CCP(=C)(C)C)[C@@H](O)[C@H]1O. The normalized spacial score (nSPS) is 42.1. The summed E-state index contributed by atoms with van der Waals surface area (Å²) in [6.07, 6.45) is 3.82. The molecule has 1 fully saturated rings. The molecule has 0 unspecified atom stereocenters. The molecule has 5 heteroatoms. The first-order valence-electron chi connectivity index (χ1n) is 5.13. The Kier molecular flexibility index (Phi) is 3.77. The van der Waals surface area contributed by atoms with Crippen molar-refractivity contribution < 1.29 is 14.9 Å². The van der Waals surface area contributed by atoms with Crippen LogP contribution in [0.3, 0.4) is 0 Å². The van der Waals surface area contributed by atoms with Crippen LogP contribution in [0.25, 0.3) is 0 Å². The molecule has 0 bridgehead atoms. The highest BCUT2D eigenvalue weighted by atomic mass is 31.2. The average molecular weight is 230 g/mol. The van der Waals surface area contributed by atoms with Crippen molar-refractivity contribution in [2.75, 3.05) is 19.5 Å². The smallest absolute Gasteiger partial charge is 0.112 e. The summed E-state index contributed by atoms with van der Waals surface area (Å²) in [5.74, 6) is 0. The lowest BCUT2D eigenvalue weighted by atomic mass is 9.89. The second kappa shape index (κ2) is 4.25. The maximum absolute atomic E-state index is 9.82. The fraction of sp³-hybridized carbons (Fsp3) is 0.900. The zero-order valence-corrected chi connectivity index (χ0v) is 10.6. The molecule has 4 atom stereocenters.